The highest BCUT2D eigenvalue weighted by molar-refractivity contribution is 6.09. The second-order valence-corrected chi connectivity index (χ2v) is 4.15. The third-order valence-corrected chi connectivity index (χ3v) is 2.75. The van der Waals surface area contributed by atoms with Gasteiger partial charge in [-0.15, -0.1) is 0 Å². The summed E-state index contributed by atoms with van der Waals surface area (Å²) in [6.07, 6.45) is 1.58. The van der Waals surface area contributed by atoms with Crippen molar-refractivity contribution in [1.29, 1.82) is 0 Å². The number of hydrogen-bond donors (Lipinski definition) is 0. The van der Waals surface area contributed by atoms with E-state index < -0.39 is 4.92 Å². The third-order valence-electron chi connectivity index (χ3n) is 2.75. The fourth-order valence-electron chi connectivity index (χ4n) is 1.60. The fraction of sp³-hybridized carbons (Fsp3) is 0.333. The summed E-state index contributed by atoms with van der Waals surface area (Å²) in [5.74, 6) is -0.357. The van der Waals surface area contributed by atoms with Crippen LogP contribution in [0.25, 0.3) is 0 Å². The first-order valence-corrected chi connectivity index (χ1v) is 5.38. The molecule has 1 saturated carbocycles. The highest BCUT2D eigenvalue weighted by atomic mass is 16.6. The van der Waals surface area contributed by atoms with Crippen molar-refractivity contribution < 1.29 is 14.5 Å². The second kappa shape index (κ2) is 4.45. The Morgan fingerprint density at radius 1 is 1.35 bits per heavy atom. The number of carbonyl (C=O) groups excluding carboxylic acids is 2. The number of nitro benzene ring substituents is 1. The van der Waals surface area contributed by atoms with Crippen LogP contribution in [0.4, 0.5) is 5.69 Å². The molecule has 0 aromatic heterocycles. The Kier molecular flexibility index (Phi) is 2.99. The predicted molar refractivity (Wildman–Crippen MR) is 59.8 cm³/mol. The molecule has 1 aliphatic carbocycles. The largest absolute Gasteiger partial charge is 0.299 e. The van der Waals surface area contributed by atoms with Crippen LogP contribution in [0, 0.1) is 16.0 Å². The second-order valence-electron chi connectivity index (χ2n) is 4.15. The normalized spacial score (nSPS) is 14.4. The summed E-state index contributed by atoms with van der Waals surface area (Å²) in [6.45, 7) is 0. The highest BCUT2D eigenvalue weighted by Gasteiger charge is 2.30. The van der Waals surface area contributed by atoms with Gasteiger partial charge in [0.1, 0.15) is 5.78 Å². The molecule has 1 aromatic rings. The number of rotatable bonds is 5. The molecule has 5 nitrogen and oxygen atoms in total. The van der Waals surface area contributed by atoms with Gasteiger partial charge in [-0.05, 0) is 12.8 Å². The highest BCUT2D eigenvalue weighted by Crippen LogP contribution is 2.31. The Morgan fingerprint density at radius 2 is 2.06 bits per heavy atom. The molecule has 0 bridgehead atoms. The van der Waals surface area contributed by atoms with E-state index in [1.165, 1.54) is 24.3 Å². The average molecular weight is 233 g/mol. The molecule has 0 atom stereocenters. The lowest BCUT2D eigenvalue weighted by atomic mass is 10.0. The maximum absolute atomic E-state index is 11.7. The van der Waals surface area contributed by atoms with Crippen LogP contribution in [-0.2, 0) is 4.79 Å². The molecule has 17 heavy (non-hydrogen) atoms. The van der Waals surface area contributed by atoms with Gasteiger partial charge in [0, 0.05) is 23.6 Å². The minimum absolute atomic E-state index is 0.0395. The molecule has 0 unspecified atom stereocenters. The standard InChI is InChI=1S/C12H11NO4/c14-11(8-4-5-8)7-12(15)9-2-1-3-10(6-9)13(16)17/h1-3,6,8H,4-5,7H2. The average Bonchev–Trinajstić information content (AvgIpc) is 3.12. The van der Waals surface area contributed by atoms with E-state index in [1.54, 1.807) is 0 Å². The van der Waals surface area contributed by atoms with Crippen LogP contribution in [0.2, 0.25) is 0 Å². The lowest BCUT2D eigenvalue weighted by Crippen LogP contribution is -2.09. The van der Waals surface area contributed by atoms with E-state index in [9.17, 15) is 19.7 Å². The molecule has 2 rings (SSSR count). The molecule has 0 aliphatic heterocycles. The third kappa shape index (κ3) is 2.75. The lowest BCUT2D eigenvalue weighted by molar-refractivity contribution is -0.384. The van der Waals surface area contributed by atoms with Gasteiger partial charge in [0.25, 0.3) is 5.69 Å². The minimum atomic E-state index is -0.556. The van der Waals surface area contributed by atoms with E-state index in [1.807, 2.05) is 0 Å². The molecular formula is C12H11NO4. The molecule has 88 valence electrons. The summed E-state index contributed by atoms with van der Waals surface area (Å²) >= 11 is 0. The summed E-state index contributed by atoms with van der Waals surface area (Å²) in [7, 11) is 0. The molecule has 1 aliphatic rings. The molecule has 0 spiro atoms. The van der Waals surface area contributed by atoms with Crippen molar-refractivity contribution in [3.8, 4) is 0 Å². The maximum Gasteiger partial charge on any atom is 0.270 e. The van der Waals surface area contributed by atoms with Crippen LogP contribution in [0.15, 0.2) is 24.3 Å². The SMILES string of the molecule is O=C(CC(=O)C1CC1)c1cccc([N+](=O)[O-])c1. The number of benzene rings is 1. The molecule has 5 heteroatoms. The Morgan fingerprint density at radius 3 is 2.65 bits per heavy atom. The van der Waals surface area contributed by atoms with E-state index in [-0.39, 0.29) is 35.2 Å². The quantitative estimate of drug-likeness (QED) is 0.338. The molecule has 0 amide bonds. The fourth-order valence-corrected chi connectivity index (χ4v) is 1.60. The molecule has 0 radical (unpaired) electrons. The van der Waals surface area contributed by atoms with Crippen LogP contribution in [0.3, 0.4) is 0 Å². The molecule has 0 saturated heterocycles. The predicted octanol–water partition coefficient (Wildman–Crippen LogP) is 2.15. The molecule has 0 N–H and O–H groups in total. The summed E-state index contributed by atoms with van der Waals surface area (Å²) in [6, 6.07) is 5.48. The number of ketones is 2. The van der Waals surface area contributed by atoms with Crippen molar-refractivity contribution in [2.24, 2.45) is 5.92 Å². The Hall–Kier alpha value is -2.04. The van der Waals surface area contributed by atoms with Crippen molar-refractivity contribution in [1.82, 2.24) is 0 Å². The number of nitrogens with zero attached hydrogens (tertiary/aromatic N) is 1. The zero-order chi connectivity index (χ0) is 12.4. The van der Waals surface area contributed by atoms with Crippen molar-refractivity contribution in [2.45, 2.75) is 19.3 Å². The number of nitro groups is 1. The van der Waals surface area contributed by atoms with Crippen molar-refractivity contribution in [3.05, 3.63) is 39.9 Å². The maximum atomic E-state index is 11.7. The van der Waals surface area contributed by atoms with Gasteiger partial charge in [0.15, 0.2) is 5.78 Å². The first-order valence-electron chi connectivity index (χ1n) is 5.38. The van der Waals surface area contributed by atoms with E-state index in [0.717, 1.165) is 12.8 Å². The van der Waals surface area contributed by atoms with Gasteiger partial charge >= 0.3 is 0 Å². The van der Waals surface area contributed by atoms with Gasteiger partial charge in [0.2, 0.25) is 0 Å². The van der Waals surface area contributed by atoms with Crippen LogP contribution >= 0.6 is 0 Å². The topological polar surface area (TPSA) is 77.3 Å². The summed E-state index contributed by atoms with van der Waals surface area (Å²) in [5.41, 5.74) is 0.0999. The van der Waals surface area contributed by atoms with Gasteiger partial charge in [-0.25, -0.2) is 0 Å². The van der Waals surface area contributed by atoms with Gasteiger partial charge in [-0.3, -0.25) is 19.7 Å². The van der Waals surface area contributed by atoms with E-state index in [0.29, 0.717) is 0 Å². The van der Waals surface area contributed by atoms with Crippen molar-refractivity contribution in [2.75, 3.05) is 0 Å². The zero-order valence-corrected chi connectivity index (χ0v) is 9.09. The summed E-state index contributed by atoms with van der Waals surface area (Å²) < 4.78 is 0. The smallest absolute Gasteiger partial charge is 0.270 e. The first kappa shape index (κ1) is 11.4. The minimum Gasteiger partial charge on any atom is -0.299 e. The molecular weight excluding hydrogens is 222 g/mol. The summed E-state index contributed by atoms with van der Waals surface area (Å²) in [5, 5.41) is 10.5. The van der Waals surface area contributed by atoms with Crippen LogP contribution < -0.4 is 0 Å². The first-order chi connectivity index (χ1) is 8.08. The number of carbonyl (C=O) groups is 2. The van der Waals surface area contributed by atoms with Crippen molar-refractivity contribution >= 4 is 17.3 Å². The molecule has 1 aromatic carbocycles. The van der Waals surface area contributed by atoms with E-state index in [2.05, 4.69) is 0 Å². The van der Waals surface area contributed by atoms with Gasteiger partial charge in [-0.1, -0.05) is 12.1 Å². The Balaban J connectivity index is 2.10. The van der Waals surface area contributed by atoms with Gasteiger partial charge < -0.3 is 0 Å². The summed E-state index contributed by atoms with van der Waals surface area (Å²) in [4.78, 5) is 33.2. The number of Topliss-reactive ketones (excluding diaryl/α,β-unsaturated/α-hetero) is 2. The Bertz CT molecular complexity index is 491. The number of non-ortho nitro benzene ring substituents is 1. The van der Waals surface area contributed by atoms with Gasteiger partial charge in [-0.2, -0.15) is 0 Å². The van der Waals surface area contributed by atoms with Crippen LogP contribution in [0.1, 0.15) is 29.6 Å². The number of hydrogen-bond acceptors (Lipinski definition) is 4. The monoisotopic (exact) mass is 233 g/mol. The Labute approximate surface area is 97.6 Å². The lowest BCUT2D eigenvalue weighted by Gasteiger charge is -1.99. The van der Waals surface area contributed by atoms with Crippen LogP contribution in [-0.4, -0.2) is 16.5 Å². The molecule has 1 fully saturated rings. The van der Waals surface area contributed by atoms with Crippen molar-refractivity contribution in [3.63, 3.8) is 0 Å². The van der Waals surface area contributed by atoms with E-state index in [4.69, 9.17) is 0 Å². The van der Waals surface area contributed by atoms with E-state index >= 15 is 0 Å². The molecule has 0 heterocycles. The zero-order valence-electron chi connectivity index (χ0n) is 9.09. The van der Waals surface area contributed by atoms with Crippen LogP contribution in [0.5, 0.6) is 0 Å². The van der Waals surface area contributed by atoms with Gasteiger partial charge in [0.05, 0.1) is 11.3 Å².